The van der Waals surface area contributed by atoms with Gasteiger partial charge in [0, 0.05) is 63.4 Å². The maximum atomic E-state index is 11.5. The summed E-state index contributed by atoms with van der Waals surface area (Å²) >= 11 is 0. The van der Waals surface area contributed by atoms with Gasteiger partial charge in [0.25, 0.3) is 0 Å². The Morgan fingerprint density at radius 1 is 1.18 bits per heavy atom. The van der Waals surface area contributed by atoms with Gasteiger partial charge in [-0.3, -0.25) is 14.4 Å². The quantitative estimate of drug-likeness (QED) is 0.784. The summed E-state index contributed by atoms with van der Waals surface area (Å²) in [7, 11) is 0. The summed E-state index contributed by atoms with van der Waals surface area (Å²) in [5, 5.41) is 8.86. The third kappa shape index (κ3) is 3.57. The summed E-state index contributed by atoms with van der Waals surface area (Å²) in [5.74, 6) is 2.34. The van der Waals surface area contributed by atoms with Gasteiger partial charge in [0.05, 0.1) is 11.6 Å². The van der Waals surface area contributed by atoms with Crippen LogP contribution in [0.2, 0.25) is 0 Å². The highest BCUT2D eigenvalue weighted by Gasteiger charge is 2.34. The van der Waals surface area contributed by atoms with Gasteiger partial charge in [0.1, 0.15) is 0 Å². The zero-order valence-electron chi connectivity index (χ0n) is 17.3. The minimum Gasteiger partial charge on any atom is -0.343 e. The second kappa shape index (κ2) is 7.66. The van der Waals surface area contributed by atoms with E-state index in [0.717, 1.165) is 69.5 Å². The van der Waals surface area contributed by atoms with E-state index in [9.17, 15) is 4.79 Å². The molecule has 0 bridgehead atoms. The van der Waals surface area contributed by atoms with Gasteiger partial charge in [-0.15, -0.1) is 0 Å². The highest BCUT2D eigenvalue weighted by atomic mass is 16.5. The monoisotopic (exact) mass is 386 g/mol. The lowest BCUT2D eigenvalue weighted by molar-refractivity contribution is -0.129. The van der Waals surface area contributed by atoms with Gasteiger partial charge in [-0.25, -0.2) is 0 Å². The molecule has 0 radical (unpaired) electrons. The van der Waals surface area contributed by atoms with Gasteiger partial charge < -0.3 is 9.42 Å². The largest absolute Gasteiger partial charge is 0.343 e. The van der Waals surface area contributed by atoms with Gasteiger partial charge in [0.15, 0.2) is 5.82 Å². The van der Waals surface area contributed by atoms with Crippen molar-refractivity contribution in [2.75, 3.05) is 26.2 Å². The van der Waals surface area contributed by atoms with E-state index < -0.39 is 0 Å². The van der Waals surface area contributed by atoms with E-state index in [4.69, 9.17) is 9.51 Å². The fourth-order valence-corrected chi connectivity index (χ4v) is 4.38. The van der Waals surface area contributed by atoms with Gasteiger partial charge >= 0.3 is 0 Å². The molecule has 8 heteroatoms. The van der Waals surface area contributed by atoms with Crippen LogP contribution in [0.4, 0.5) is 0 Å². The van der Waals surface area contributed by atoms with E-state index >= 15 is 0 Å². The third-order valence-electron chi connectivity index (χ3n) is 6.28. The van der Waals surface area contributed by atoms with Crippen molar-refractivity contribution < 1.29 is 9.32 Å². The molecule has 2 aliphatic rings. The van der Waals surface area contributed by atoms with Crippen molar-refractivity contribution in [1.82, 2.24) is 29.7 Å². The Hall–Kier alpha value is -2.22. The van der Waals surface area contributed by atoms with Crippen molar-refractivity contribution in [3.05, 3.63) is 28.7 Å². The molecule has 2 aliphatic heterocycles. The molecule has 0 atom stereocenters. The van der Waals surface area contributed by atoms with Gasteiger partial charge in [-0.1, -0.05) is 5.16 Å². The zero-order valence-corrected chi connectivity index (χ0v) is 17.3. The summed E-state index contributed by atoms with van der Waals surface area (Å²) in [6.07, 6.45) is 1.82. The molecule has 0 unspecified atom stereocenters. The Balaban J connectivity index is 1.31. The summed E-state index contributed by atoms with van der Waals surface area (Å²) in [6.45, 7) is 13.3. The van der Waals surface area contributed by atoms with Crippen molar-refractivity contribution in [2.24, 2.45) is 0 Å². The molecule has 0 N–H and O–H groups in total. The fraction of sp³-hybridized carbons (Fsp3) is 0.700. The van der Waals surface area contributed by atoms with E-state index in [1.807, 2.05) is 4.90 Å². The maximum absolute atomic E-state index is 11.5. The highest BCUT2D eigenvalue weighted by molar-refractivity contribution is 5.73. The normalized spacial score (nSPS) is 19.2. The van der Waals surface area contributed by atoms with E-state index in [2.05, 4.69) is 40.6 Å². The Labute approximate surface area is 165 Å². The van der Waals surface area contributed by atoms with Crippen LogP contribution in [-0.4, -0.2) is 61.8 Å². The molecule has 2 aromatic heterocycles. The summed E-state index contributed by atoms with van der Waals surface area (Å²) in [6, 6.07) is 0. The van der Waals surface area contributed by atoms with Crippen LogP contribution >= 0.6 is 0 Å². The minimum absolute atomic E-state index is 0.150. The molecule has 2 fully saturated rings. The number of likely N-dealkylation sites (tertiary alicyclic amines) is 2. The average molecular weight is 387 g/mol. The number of nitrogens with zero attached hydrogens (tertiary/aromatic N) is 6. The fourth-order valence-electron chi connectivity index (χ4n) is 4.38. The van der Waals surface area contributed by atoms with E-state index in [-0.39, 0.29) is 5.91 Å². The van der Waals surface area contributed by atoms with Crippen LogP contribution in [0.25, 0.3) is 0 Å². The molecule has 8 nitrogen and oxygen atoms in total. The number of hydrogen-bond donors (Lipinski definition) is 0. The van der Waals surface area contributed by atoms with Crippen LogP contribution in [0.5, 0.6) is 0 Å². The smallest absolute Gasteiger partial charge is 0.232 e. The van der Waals surface area contributed by atoms with E-state index in [1.165, 1.54) is 11.3 Å². The first kappa shape index (κ1) is 19.1. The van der Waals surface area contributed by atoms with Crippen LogP contribution < -0.4 is 0 Å². The molecule has 1 amide bonds. The zero-order chi connectivity index (χ0) is 19.8. The Bertz CT molecular complexity index is 843. The number of hydrogen-bond acceptors (Lipinski definition) is 6. The van der Waals surface area contributed by atoms with E-state index in [1.54, 1.807) is 6.92 Å². The molecule has 0 spiro atoms. The number of carbonyl (C=O) groups is 1. The number of aromatic nitrogens is 4. The van der Waals surface area contributed by atoms with Crippen molar-refractivity contribution in [1.29, 1.82) is 0 Å². The van der Waals surface area contributed by atoms with Crippen LogP contribution in [-0.2, 0) is 17.9 Å². The summed E-state index contributed by atoms with van der Waals surface area (Å²) < 4.78 is 7.65. The SMILES string of the molecule is CCn1nc(C)c(CN2CC(c3nc(C4CCN(C(C)=O)CC4)no3)C2)c1C. The van der Waals surface area contributed by atoms with Crippen molar-refractivity contribution >= 4 is 5.91 Å². The van der Waals surface area contributed by atoms with Gasteiger partial charge in [-0.05, 0) is 33.6 Å². The maximum Gasteiger partial charge on any atom is 0.232 e. The standard InChI is InChI=1S/C20H30N6O2/c1-5-26-14(3)18(13(2)22-26)12-24-10-17(11-24)20-21-19(23-28-20)16-6-8-25(9-7-16)15(4)27/h16-17H,5-12H2,1-4H3. The summed E-state index contributed by atoms with van der Waals surface area (Å²) in [4.78, 5) is 20.5. The second-order valence-electron chi connectivity index (χ2n) is 8.13. The topological polar surface area (TPSA) is 80.3 Å². The molecule has 4 rings (SSSR count). The van der Waals surface area contributed by atoms with Gasteiger partial charge in [-0.2, -0.15) is 10.1 Å². The molecule has 2 aromatic rings. The van der Waals surface area contributed by atoms with Crippen LogP contribution in [0.15, 0.2) is 4.52 Å². The number of carbonyl (C=O) groups excluding carboxylic acids is 1. The predicted molar refractivity (Wildman–Crippen MR) is 104 cm³/mol. The molecular weight excluding hydrogens is 356 g/mol. The van der Waals surface area contributed by atoms with Crippen LogP contribution in [0.3, 0.4) is 0 Å². The Kier molecular flexibility index (Phi) is 5.23. The minimum atomic E-state index is 0.150. The molecule has 0 aromatic carbocycles. The lowest BCUT2D eigenvalue weighted by Gasteiger charge is -2.37. The van der Waals surface area contributed by atoms with Gasteiger partial charge in [0.2, 0.25) is 11.8 Å². The second-order valence-corrected chi connectivity index (χ2v) is 8.13. The van der Waals surface area contributed by atoms with Crippen molar-refractivity contribution in [3.63, 3.8) is 0 Å². The summed E-state index contributed by atoms with van der Waals surface area (Å²) in [5.41, 5.74) is 3.73. The molecule has 0 saturated carbocycles. The van der Waals surface area contributed by atoms with E-state index in [0.29, 0.717) is 11.8 Å². The lowest BCUT2D eigenvalue weighted by atomic mass is 9.95. The molecule has 152 valence electrons. The lowest BCUT2D eigenvalue weighted by Crippen LogP contribution is -2.44. The average Bonchev–Trinajstić information content (AvgIpc) is 3.23. The first-order chi connectivity index (χ1) is 13.5. The number of piperidine rings is 1. The van der Waals surface area contributed by atoms with Crippen molar-refractivity contribution in [2.45, 2.75) is 65.5 Å². The van der Waals surface area contributed by atoms with Crippen LogP contribution in [0.1, 0.15) is 67.2 Å². The highest BCUT2D eigenvalue weighted by Crippen LogP contribution is 2.31. The Morgan fingerprint density at radius 3 is 2.50 bits per heavy atom. The first-order valence-electron chi connectivity index (χ1n) is 10.3. The number of amides is 1. The first-order valence-corrected chi connectivity index (χ1v) is 10.3. The molecule has 28 heavy (non-hydrogen) atoms. The molecule has 0 aliphatic carbocycles. The molecular formula is C20H30N6O2. The predicted octanol–water partition coefficient (Wildman–Crippen LogP) is 2.23. The molecule has 4 heterocycles. The Morgan fingerprint density at radius 2 is 1.89 bits per heavy atom. The third-order valence-corrected chi connectivity index (χ3v) is 6.28. The van der Waals surface area contributed by atoms with Crippen LogP contribution in [0, 0.1) is 13.8 Å². The number of rotatable bonds is 5. The van der Waals surface area contributed by atoms with Crippen molar-refractivity contribution in [3.8, 4) is 0 Å². The molecule has 2 saturated heterocycles. The number of aryl methyl sites for hydroxylation is 2.